The van der Waals surface area contributed by atoms with Gasteiger partial charge in [0, 0.05) is 18.2 Å². The normalized spacial score (nSPS) is 10.6. The molecule has 0 saturated heterocycles. The minimum atomic E-state index is -0.927. The van der Waals surface area contributed by atoms with Gasteiger partial charge >= 0.3 is 5.97 Å². The van der Waals surface area contributed by atoms with Crippen molar-refractivity contribution in [1.82, 2.24) is 10.2 Å². The van der Waals surface area contributed by atoms with E-state index in [1.54, 1.807) is 17.5 Å². The lowest BCUT2D eigenvalue weighted by Crippen LogP contribution is -2.14. The van der Waals surface area contributed by atoms with E-state index < -0.39 is 16.3 Å². The molecule has 1 N–H and O–H groups in total. The molecule has 0 aliphatic heterocycles. The quantitative estimate of drug-likeness (QED) is 0.118. The Kier molecular flexibility index (Phi) is 7.10. The lowest BCUT2D eigenvalue weighted by Gasteiger charge is -2.04. The van der Waals surface area contributed by atoms with Crippen LogP contribution in [0.1, 0.15) is 25.8 Å². The fourth-order valence-electron chi connectivity index (χ4n) is 2.51. The maximum atomic E-state index is 12.3. The van der Waals surface area contributed by atoms with Crippen LogP contribution in [0.25, 0.3) is 0 Å². The van der Waals surface area contributed by atoms with E-state index in [2.05, 4.69) is 15.5 Å². The molecule has 172 valence electrons. The van der Waals surface area contributed by atoms with E-state index in [0.717, 1.165) is 12.3 Å². The van der Waals surface area contributed by atoms with Crippen LogP contribution in [0, 0.1) is 10.1 Å². The van der Waals surface area contributed by atoms with Crippen LogP contribution < -0.4 is 15.5 Å². The van der Waals surface area contributed by atoms with Gasteiger partial charge in [-0.1, -0.05) is 35.2 Å². The Morgan fingerprint density at radius 1 is 1.21 bits per heavy atom. The summed E-state index contributed by atoms with van der Waals surface area (Å²) in [7, 11) is 0. The first kappa shape index (κ1) is 23.3. The Morgan fingerprint density at radius 2 is 2.06 bits per heavy atom. The first-order chi connectivity index (χ1) is 16.4. The highest BCUT2D eigenvalue weighted by atomic mass is 32.2. The molecule has 11 nitrogen and oxygen atoms in total. The zero-order chi connectivity index (χ0) is 24.1. The van der Waals surface area contributed by atoms with Crippen molar-refractivity contribution in [1.29, 1.82) is 0 Å². The number of aromatic nitrogens is 2. The molecule has 14 heteroatoms. The van der Waals surface area contributed by atoms with Gasteiger partial charge in [-0.05, 0) is 17.5 Å². The average molecular weight is 517 g/mol. The molecule has 0 radical (unpaired) electrons. The molecule has 0 unspecified atom stereocenters. The second-order valence-corrected chi connectivity index (χ2v) is 9.51. The van der Waals surface area contributed by atoms with Gasteiger partial charge in [0.1, 0.15) is 12.0 Å². The van der Waals surface area contributed by atoms with Crippen molar-refractivity contribution in [2.24, 2.45) is 0 Å². The molecule has 1 amide bonds. The van der Waals surface area contributed by atoms with Gasteiger partial charge in [-0.25, -0.2) is 4.79 Å². The standard InChI is InChI=1S/C20H12N4O7S3/c25-14-8-13(10-33-20-23-22-19(34-20)21-17(26)16-5-2-6-32-16)30-9-15(14)31-18(27)11-3-1-4-12(7-11)24(28)29/h1-9H,10H2,(H,21,22,26). The molecule has 4 rings (SSSR count). The maximum Gasteiger partial charge on any atom is 0.344 e. The van der Waals surface area contributed by atoms with Crippen LogP contribution in [0.4, 0.5) is 10.8 Å². The van der Waals surface area contributed by atoms with Crippen molar-refractivity contribution in [2.45, 2.75) is 10.1 Å². The smallest absolute Gasteiger partial charge is 0.344 e. The molecule has 0 aliphatic rings. The van der Waals surface area contributed by atoms with Crippen molar-refractivity contribution in [3.8, 4) is 5.75 Å². The van der Waals surface area contributed by atoms with E-state index in [0.29, 0.717) is 20.1 Å². The summed E-state index contributed by atoms with van der Waals surface area (Å²) < 4.78 is 10.9. The van der Waals surface area contributed by atoms with Crippen LogP contribution in [-0.4, -0.2) is 27.0 Å². The molecule has 0 saturated carbocycles. The Balaban J connectivity index is 1.35. The van der Waals surface area contributed by atoms with Crippen LogP contribution in [0.3, 0.4) is 0 Å². The summed E-state index contributed by atoms with van der Waals surface area (Å²) in [6.07, 6.45) is 1.00. The van der Waals surface area contributed by atoms with E-state index in [4.69, 9.17) is 9.15 Å². The minimum absolute atomic E-state index is 0.0773. The molecule has 4 aromatic rings. The number of thiophene rings is 1. The molecule has 3 aromatic heterocycles. The summed E-state index contributed by atoms with van der Waals surface area (Å²) in [5.41, 5.74) is -0.951. The largest absolute Gasteiger partial charge is 0.464 e. The van der Waals surface area contributed by atoms with Gasteiger partial charge in [-0.3, -0.25) is 25.0 Å². The van der Waals surface area contributed by atoms with E-state index in [1.807, 2.05) is 0 Å². The molecule has 0 bridgehead atoms. The van der Waals surface area contributed by atoms with Crippen LogP contribution in [-0.2, 0) is 5.75 Å². The highest BCUT2D eigenvalue weighted by molar-refractivity contribution is 8.00. The highest BCUT2D eigenvalue weighted by Crippen LogP contribution is 2.29. The number of nitro benzene ring substituents is 1. The van der Waals surface area contributed by atoms with Gasteiger partial charge in [-0.15, -0.1) is 21.5 Å². The zero-order valence-electron chi connectivity index (χ0n) is 16.8. The van der Waals surface area contributed by atoms with Crippen molar-refractivity contribution < 1.29 is 23.7 Å². The maximum absolute atomic E-state index is 12.3. The van der Waals surface area contributed by atoms with E-state index in [9.17, 15) is 24.5 Å². The van der Waals surface area contributed by atoms with Crippen LogP contribution >= 0.6 is 34.4 Å². The van der Waals surface area contributed by atoms with Gasteiger partial charge in [-0.2, -0.15) is 0 Å². The average Bonchev–Trinajstić information content (AvgIpc) is 3.52. The van der Waals surface area contributed by atoms with Gasteiger partial charge in [0.15, 0.2) is 4.34 Å². The van der Waals surface area contributed by atoms with E-state index >= 15 is 0 Å². The molecule has 0 spiro atoms. The Hall–Kier alpha value is -3.88. The predicted octanol–water partition coefficient (Wildman–Crippen LogP) is 4.22. The second-order valence-electron chi connectivity index (χ2n) is 6.37. The first-order valence-corrected chi connectivity index (χ1v) is 12.0. The van der Waals surface area contributed by atoms with Crippen molar-refractivity contribution in [3.63, 3.8) is 0 Å². The number of carbonyl (C=O) groups is 2. The number of nitro groups is 1. The number of rotatable bonds is 8. The molecular weight excluding hydrogens is 504 g/mol. The van der Waals surface area contributed by atoms with Gasteiger partial charge in [0.25, 0.3) is 11.6 Å². The van der Waals surface area contributed by atoms with Gasteiger partial charge in [0.05, 0.1) is 21.1 Å². The number of hydrogen-bond donors (Lipinski definition) is 1. The number of esters is 1. The molecule has 3 heterocycles. The lowest BCUT2D eigenvalue weighted by molar-refractivity contribution is -0.384. The highest BCUT2D eigenvalue weighted by Gasteiger charge is 2.16. The number of amides is 1. The van der Waals surface area contributed by atoms with Gasteiger partial charge in [0.2, 0.25) is 16.3 Å². The van der Waals surface area contributed by atoms with Crippen molar-refractivity contribution in [3.05, 3.63) is 90.6 Å². The summed E-state index contributed by atoms with van der Waals surface area (Å²) >= 11 is 3.72. The number of ether oxygens (including phenoxy) is 1. The summed E-state index contributed by atoms with van der Waals surface area (Å²) in [5, 5.41) is 23.5. The minimum Gasteiger partial charge on any atom is -0.464 e. The van der Waals surface area contributed by atoms with Gasteiger partial charge < -0.3 is 9.15 Å². The fourth-order valence-corrected chi connectivity index (χ4v) is 4.77. The number of nitrogens with zero attached hydrogens (tertiary/aromatic N) is 3. The fraction of sp³-hybridized carbons (Fsp3) is 0.0500. The van der Waals surface area contributed by atoms with E-state index in [-0.39, 0.29) is 28.7 Å². The van der Waals surface area contributed by atoms with Crippen molar-refractivity contribution >= 4 is 57.1 Å². The third kappa shape index (κ3) is 5.72. The third-order valence-corrected chi connectivity index (χ3v) is 6.92. The summed E-state index contributed by atoms with van der Waals surface area (Å²) in [4.78, 5) is 47.3. The zero-order valence-corrected chi connectivity index (χ0v) is 19.3. The molecule has 34 heavy (non-hydrogen) atoms. The molecular formula is C20H12N4O7S3. The molecule has 1 aromatic carbocycles. The summed E-state index contributed by atoms with van der Waals surface area (Å²) in [6.45, 7) is 0. The van der Waals surface area contributed by atoms with Crippen LogP contribution in [0.2, 0.25) is 0 Å². The number of benzene rings is 1. The lowest BCUT2D eigenvalue weighted by atomic mass is 10.2. The Morgan fingerprint density at radius 3 is 2.79 bits per heavy atom. The summed E-state index contributed by atoms with van der Waals surface area (Å²) in [5.74, 6) is -1.01. The number of nitrogens with one attached hydrogen (secondary N) is 1. The van der Waals surface area contributed by atoms with Crippen molar-refractivity contribution in [2.75, 3.05) is 5.32 Å². The Labute approximate surface area is 202 Å². The number of anilines is 1. The summed E-state index contributed by atoms with van der Waals surface area (Å²) in [6, 6.07) is 9.59. The second kappa shape index (κ2) is 10.4. The molecule has 0 atom stereocenters. The topological polar surface area (TPSA) is 155 Å². The molecule has 0 aliphatic carbocycles. The van der Waals surface area contributed by atoms with Crippen LogP contribution in [0.5, 0.6) is 5.75 Å². The van der Waals surface area contributed by atoms with E-state index in [1.165, 1.54) is 58.7 Å². The third-order valence-electron chi connectivity index (χ3n) is 4.06. The number of thioether (sulfide) groups is 1. The number of carbonyl (C=O) groups excluding carboxylic acids is 2. The first-order valence-electron chi connectivity index (χ1n) is 9.28. The SMILES string of the molecule is O=C(Oc1coc(CSc2nnc(NC(=O)c3cccs3)s2)cc1=O)c1cccc([N+](=O)[O-])c1. The Bertz CT molecular complexity index is 1420. The number of hydrogen-bond acceptors (Lipinski definition) is 12. The molecule has 0 fully saturated rings. The number of non-ortho nitro benzene ring substituents is 1. The monoisotopic (exact) mass is 516 g/mol. The predicted molar refractivity (Wildman–Crippen MR) is 125 cm³/mol. The van der Waals surface area contributed by atoms with Crippen LogP contribution in [0.15, 0.2) is 67.7 Å².